The van der Waals surface area contributed by atoms with Gasteiger partial charge in [0.05, 0.1) is 0 Å². The molecule has 1 fully saturated rings. The lowest BCUT2D eigenvalue weighted by Crippen LogP contribution is -2.37. The van der Waals surface area contributed by atoms with Gasteiger partial charge in [-0.25, -0.2) is 8.78 Å². The molecule has 3 nitrogen and oxygen atoms in total. The van der Waals surface area contributed by atoms with E-state index in [0.29, 0.717) is 19.5 Å². The normalized spacial score (nSPS) is 21.3. The minimum atomic E-state index is -2.23. The lowest BCUT2D eigenvalue weighted by molar-refractivity contribution is 0.0249. The fourth-order valence-electron chi connectivity index (χ4n) is 2.70. The van der Waals surface area contributed by atoms with E-state index in [1.165, 1.54) is 0 Å². The molecule has 1 atom stereocenters. The summed E-state index contributed by atoms with van der Waals surface area (Å²) in [6.45, 7) is 1.88. The van der Waals surface area contributed by atoms with Gasteiger partial charge in [0.25, 0.3) is 0 Å². The van der Waals surface area contributed by atoms with Crippen LogP contribution in [0.15, 0.2) is 28.8 Å². The van der Waals surface area contributed by atoms with Gasteiger partial charge in [0, 0.05) is 24.4 Å². The lowest BCUT2D eigenvalue weighted by Gasteiger charge is -2.31. The molecule has 2 aromatic rings. The molecule has 1 aromatic heterocycles. The van der Waals surface area contributed by atoms with Crippen molar-refractivity contribution in [2.45, 2.75) is 25.8 Å². The third kappa shape index (κ3) is 2.61. The first-order valence-electron chi connectivity index (χ1n) is 6.58. The van der Waals surface area contributed by atoms with Crippen LogP contribution in [0.4, 0.5) is 8.78 Å². The van der Waals surface area contributed by atoms with Crippen molar-refractivity contribution in [3.8, 4) is 0 Å². The van der Waals surface area contributed by atoms with Crippen LogP contribution < -0.4 is 0 Å². The first kappa shape index (κ1) is 12.5. The molecule has 0 radical (unpaired) electrons. The van der Waals surface area contributed by atoms with Crippen LogP contribution in [0.3, 0.4) is 0 Å². The number of likely N-dealkylation sites (tertiary alicyclic amines) is 1. The van der Waals surface area contributed by atoms with Crippen molar-refractivity contribution >= 4 is 11.0 Å². The van der Waals surface area contributed by atoms with Crippen LogP contribution in [0.25, 0.3) is 11.0 Å². The van der Waals surface area contributed by atoms with Crippen LogP contribution in [0.2, 0.25) is 0 Å². The molecule has 2 heterocycles. The highest BCUT2D eigenvalue weighted by atomic mass is 19.3. The third-order valence-corrected chi connectivity index (χ3v) is 3.72. The summed E-state index contributed by atoms with van der Waals surface area (Å²) in [4.78, 5) is 2.05. The van der Waals surface area contributed by atoms with Crippen LogP contribution >= 0.6 is 0 Å². The van der Waals surface area contributed by atoms with Gasteiger partial charge in [-0.15, -0.1) is 0 Å². The lowest BCUT2D eigenvalue weighted by atomic mass is 9.98. The van der Waals surface area contributed by atoms with E-state index in [1.54, 1.807) is 0 Å². The van der Waals surface area contributed by atoms with Gasteiger partial charge in [-0.3, -0.25) is 4.90 Å². The maximum absolute atomic E-state index is 12.8. The number of nitrogens with zero attached hydrogens (tertiary/aromatic N) is 2. The van der Waals surface area contributed by atoms with Gasteiger partial charge in [0.15, 0.2) is 5.58 Å². The number of fused-ring (bicyclic) bond motifs is 1. The smallest absolute Gasteiger partial charge is 0.242 e. The number of rotatable bonds is 3. The summed E-state index contributed by atoms with van der Waals surface area (Å²) in [6, 6.07) is 7.64. The molecule has 1 aliphatic rings. The second kappa shape index (κ2) is 5.25. The Balaban J connectivity index is 1.74. The topological polar surface area (TPSA) is 29.3 Å². The van der Waals surface area contributed by atoms with Gasteiger partial charge in [-0.2, -0.15) is 0 Å². The maximum atomic E-state index is 12.8. The van der Waals surface area contributed by atoms with Crippen LogP contribution in [-0.2, 0) is 6.54 Å². The second-order valence-electron chi connectivity index (χ2n) is 5.10. The van der Waals surface area contributed by atoms with Gasteiger partial charge in [0.2, 0.25) is 6.43 Å². The Bertz CT molecular complexity index is 555. The van der Waals surface area contributed by atoms with Crippen molar-refractivity contribution in [3.05, 3.63) is 30.0 Å². The Hall–Kier alpha value is -1.49. The number of alkyl halides is 2. The largest absolute Gasteiger partial charge is 0.356 e. The SMILES string of the molecule is FC(F)C1CCCN(Cc2noc3ccccc23)C1. The molecule has 1 aromatic carbocycles. The molecule has 3 rings (SSSR count). The van der Waals surface area contributed by atoms with E-state index in [4.69, 9.17) is 4.52 Å². The highest BCUT2D eigenvalue weighted by Crippen LogP contribution is 2.25. The van der Waals surface area contributed by atoms with Crippen molar-refractivity contribution in [2.75, 3.05) is 13.1 Å². The van der Waals surface area contributed by atoms with E-state index in [9.17, 15) is 8.78 Å². The Morgan fingerprint density at radius 2 is 2.21 bits per heavy atom. The zero-order valence-electron chi connectivity index (χ0n) is 10.6. The predicted molar refractivity (Wildman–Crippen MR) is 68.0 cm³/mol. The maximum Gasteiger partial charge on any atom is 0.242 e. The molecular weight excluding hydrogens is 250 g/mol. The van der Waals surface area contributed by atoms with Gasteiger partial charge >= 0.3 is 0 Å². The summed E-state index contributed by atoms with van der Waals surface area (Å²) in [5, 5.41) is 5.03. The zero-order chi connectivity index (χ0) is 13.2. The van der Waals surface area contributed by atoms with E-state index < -0.39 is 12.3 Å². The van der Waals surface area contributed by atoms with Crippen LogP contribution in [-0.4, -0.2) is 29.6 Å². The van der Waals surface area contributed by atoms with Gasteiger partial charge in [-0.05, 0) is 31.5 Å². The molecule has 1 aliphatic heterocycles. The molecule has 0 spiro atoms. The second-order valence-corrected chi connectivity index (χ2v) is 5.10. The number of hydrogen-bond donors (Lipinski definition) is 0. The fourth-order valence-corrected chi connectivity index (χ4v) is 2.70. The zero-order valence-corrected chi connectivity index (χ0v) is 10.6. The molecule has 0 saturated carbocycles. The highest BCUT2D eigenvalue weighted by molar-refractivity contribution is 5.79. The van der Waals surface area contributed by atoms with E-state index in [1.807, 2.05) is 29.2 Å². The third-order valence-electron chi connectivity index (χ3n) is 3.72. The summed E-state index contributed by atoms with van der Waals surface area (Å²) in [5.41, 5.74) is 1.59. The number of aromatic nitrogens is 1. The molecule has 0 aliphatic carbocycles. The monoisotopic (exact) mass is 266 g/mol. The number of halogens is 2. The molecular formula is C14H16F2N2O. The van der Waals surface area contributed by atoms with E-state index in [-0.39, 0.29) is 0 Å². The summed E-state index contributed by atoms with van der Waals surface area (Å²) in [5.74, 6) is -0.507. The first-order valence-corrected chi connectivity index (χ1v) is 6.58. The summed E-state index contributed by atoms with van der Waals surface area (Å²) < 4.78 is 30.8. The van der Waals surface area contributed by atoms with E-state index >= 15 is 0 Å². The molecule has 0 amide bonds. The molecule has 0 N–H and O–H groups in total. The van der Waals surface area contributed by atoms with Crippen molar-refractivity contribution < 1.29 is 13.3 Å². The van der Waals surface area contributed by atoms with Crippen LogP contribution in [0.5, 0.6) is 0 Å². The van der Waals surface area contributed by atoms with Crippen molar-refractivity contribution in [1.29, 1.82) is 0 Å². The predicted octanol–water partition coefficient (Wildman–Crippen LogP) is 3.30. The Morgan fingerprint density at radius 3 is 3.05 bits per heavy atom. The minimum absolute atomic E-state index is 0.443. The van der Waals surface area contributed by atoms with Gasteiger partial charge < -0.3 is 4.52 Å². The van der Waals surface area contributed by atoms with Crippen LogP contribution in [0.1, 0.15) is 18.5 Å². The number of para-hydroxylation sites is 1. The minimum Gasteiger partial charge on any atom is -0.356 e. The standard InChI is InChI=1S/C14H16F2N2O/c15-14(16)10-4-3-7-18(8-10)9-12-11-5-1-2-6-13(11)19-17-12/h1-2,5-6,10,14H,3-4,7-9H2. The molecule has 19 heavy (non-hydrogen) atoms. The Morgan fingerprint density at radius 1 is 1.37 bits per heavy atom. The first-order chi connectivity index (χ1) is 9.24. The molecule has 1 unspecified atom stereocenters. The molecule has 0 bridgehead atoms. The highest BCUT2D eigenvalue weighted by Gasteiger charge is 2.27. The van der Waals surface area contributed by atoms with Crippen molar-refractivity contribution in [3.63, 3.8) is 0 Å². The number of piperidine rings is 1. The summed E-state index contributed by atoms with van der Waals surface area (Å²) >= 11 is 0. The molecule has 1 saturated heterocycles. The number of hydrogen-bond acceptors (Lipinski definition) is 3. The van der Waals surface area contributed by atoms with E-state index in [2.05, 4.69) is 5.16 Å². The molecule has 5 heteroatoms. The van der Waals surface area contributed by atoms with Crippen molar-refractivity contribution in [2.24, 2.45) is 5.92 Å². The van der Waals surface area contributed by atoms with Crippen molar-refractivity contribution in [1.82, 2.24) is 10.1 Å². The Labute approximate surface area is 110 Å². The fraction of sp³-hybridized carbons (Fsp3) is 0.500. The van der Waals surface area contributed by atoms with Crippen LogP contribution in [0, 0.1) is 5.92 Å². The summed E-state index contributed by atoms with van der Waals surface area (Å²) in [7, 11) is 0. The summed E-state index contributed by atoms with van der Waals surface area (Å²) in [6.07, 6.45) is -0.782. The average Bonchev–Trinajstić information content (AvgIpc) is 2.83. The van der Waals surface area contributed by atoms with Gasteiger partial charge in [-0.1, -0.05) is 17.3 Å². The number of benzene rings is 1. The van der Waals surface area contributed by atoms with E-state index in [0.717, 1.165) is 29.6 Å². The Kier molecular flexibility index (Phi) is 3.46. The van der Waals surface area contributed by atoms with Gasteiger partial charge in [0.1, 0.15) is 5.69 Å². The molecule has 102 valence electrons. The quantitative estimate of drug-likeness (QED) is 0.853. The average molecular weight is 266 g/mol.